The number of rotatable bonds is 9. The molecule has 0 spiro atoms. The van der Waals surface area contributed by atoms with E-state index in [9.17, 15) is 8.42 Å². The second-order valence-corrected chi connectivity index (χ2v) is 8.13. The van der Waals surface area contributed by atoms with Gasteiger partial charge in [0, 0.05) is 11.4 Å². The van der Waals surface area contributed by atoms with Gasteiger partial charge in [0.1, 0.15) is 4.21 Å². The average molecular weight is 304 g/mol. The smallest absolute Gasteiger partial charge is 0.250 e. The van der Waals surface area contributed by atoms with Crippen LogP contribution in [0.1, 0.15) is 32.1 Å². The van der Waals surface area contributed by atoms with Gasteiger partial charge in [0.2, 0.25) is 10.0 Å². The van der Waals surface area contributed by atoms with Crippen LogP contribution in [0, 0.1) is 5.92 Å². The molecule has 6 heteroatoms. The quantitative estimate of drug-likeness (QED) is 0.688. The molecule has 0 saturated carbocycles. The van der Waals surface area contributed by atoms with Gasteiger partial charge in [-0.1, -0.05) is 20.8 Å². The highest BCUT2D eigenvalue weighted by atomic mass is 32.2. The Morgan fingerprint density at radius 2 is 2.00 bits per heavy atom. The summed E-state index contributed by atoms with van der Waals surface area (Å²) in [6.45, 7) is 8.49. The summed E-state index contributed by atoms with van der Waals surface area (Å²) < 4.78 is 27.1. The molecule has 0 saturated heterocycles. The molecule has 0 bridgehead atoms. The van der Waals surface area contributed by atoms with E-state index in [4.69, 9.17) is 0 Å². The van der Waals surface area contributed by atoms with E-state index < -0.39 is 10.0 Å². The van der Waals surface area contributed by atoms with Gasteiger partial charge in [-0.25, -0.2) is 13.1 Å². The Morgan fingerprint density at radius 1 is 1.26 bits per heavy atom. The highest BCUT2D eigenvalue weighted by Gasteiger charge is 2.16. The van der Waals surface area contributed by atoms with E-state index in [2.05, 4.69) is 17.0 Å². The largest absolute Gasteiger partial charge is 0.316 e. The second kappa shape index (κ2) is 7.99. The molecule has 19 heavy (non-hydrogen) atoms. The maximum Gasteiger partial charge on any atom is 0.250 e. The fourth-order valence-corrected chi connectivity index (χ4v) is 4.11. The third kappa shape index (κ3) is 6.03. The minimum Gasteiger partial charge on any atom is -0.316 e. The normalized spacial score (nSPS) is 12.2. The predicted octanol–water partition coefficient (Wildman–Crippen LogP) is 2.22. The zero-order chi connectivity index (χ0) is 14.3. The first kappa shape index (κ1) is 16.6. The Bertz CT molecular complexity index is 467. The van der Waals surface area contributed by atoms with E-state index in [-0.39, 0.29) is 0 Å². The van der Waals surface area contributed by atoms with Crippen LogP contribution in [0.4, 0.5) is 0 Å². The molecule has 0 aliphatic rings. The van der Waals surface area contributed by atoms with Crippen LogP contribution in [0.3, 0.4) is 0 Å². The van der Waals surface area contributed by atoms with Crippen molar-refractivity contribution in [3.05, 3.63) is 17.0 Å². The molecule has 0 aliphatic carbocycles. The molecule has 0 aromatic carbocycles. The molecule has 0 amide bonds. The molecular formula is C13H24N2O2S2. The Labute approximate surface area is 120 Å². The van der Waals surface area contributed by atoms with Crippen LogP contribution >= 0.6 is 11.3 Å². The molecule has 0 fully saturated rings. The van der Waals surface area contributed by atoms with Crippen LogP contribution in [0.25, 0.3) is 0 Å². The van der Waals surface area contributed by atoms with Gasteiger partial charge in [-0.3, -0.25) is 0 Å². The van der Waals surface area contributed by atoms with E-state index in [1.165, 1.54) is 11.3 Å². The van der Waals surface area contributed by atoms with Crippen molar-refractivity contribution in [2.24, 2.45) is 5.92 Å². The molecule has 0 unspecified atom stereocenters. The number of hydrogen-bond donors (Lipinski definition) is 2. The minimum absolute atomic E-state index is 0.312. The summed E-state index contributed by atoms with van der Waals surface area (Å²) in [5.41, 5.74) is 0. The van der Waals surface area contributed by atoms with Gasteiger partial charge in [0.05, 0.1) is 0 Å². The van der Waals surface area contributed by atoms with E-state index in [1.807, 2.05) is 19.9 Å². The Balaban J connectivity index is 2.53. The summed E-state index contributed by atoms with van der Waals surface area (Å²) in [5, 5.41) is 3.31. The predicted molar refractivity (Wildman–Crippen MR) is 81.2 cm³/mol. The van der Waals surface area contributed by atoms with E-state index >= 15 is 0 Å². The Morgan fingerprint density at radius 3 is 2.63 bits per heavy atom. The van der Waals surface area contributed by atoms with Gasteiger partial charge < -0.3 is 5.32 Å². The molecule has 0 atom stereocenters. The lowest BCUT2D eigenvalue weighted by molar-refractivity contribution is 0.562. The lowest BCUT2D eigenvalue weighted by Gasteiger charge is -2.06. The fraction of sp³-hybridized carbons (Fsp3) is 0.692. The third-order valence-electron chi connectivity index (χ3n) is 2.56. The second-order valence-electron chi connectivity index (χ2n) is 4.97. The molecular weight excluding hydrogens is 280 g/mol. The van der Waals surface area contributed by atoms with Crippen molar-refractivity contribution in [2.45, 2.75) is 37.8 Å². The molecule has 1 aromatic rings. The zero-order valence-corrected chi connectivity index (χ0v) is 13.5. The van der Waals surface area contributed by atoms with Gasteiger partial charge in [-0.2, -0.15) is 0 Å². The van der Waals surface area contributed by atoms with E-state index in [0.29, 0.717) is 16.7 Å². The zero-order valence-electron chi connectivity index (χ0n) is 11.9. The van der Waals surface area contributed by atoms with Crippen molar-refractivity contribution in [2.75, 3.05) is 19.6 Å². The van der Waals surface area contributed by atoms with Crippen molar-refractivity contribution < 1.29 is 8.42 Å². The van der Waals surface area contributed by atoms with Gasteiger partial charge in [0.25, 0.3) is 0 Å². The fourth-order valence-electron chi connectivity index (χ4n) is 1.50. The third-order valence-corrected chi connectivity index (χ3v) is 5.62. The van der Waals surface area contributed by atoms with Gasteiger partial charge in [0.15, 0.2) is 0 Å². The number of hydrogen-bond acceptors (Lipinski definition) is 4. The lowest BCUT2D eigenvalue weighted by atomic mass is 10.2. The van der Waals surface area contributed by atoms with Crippen LogP contribution < -0.4 is 10.0 Å². The molecule has 2 N–H and O–H groups in total. The first-order valence-electron chi connectivity index (χ1n) is 6.74. The molecule has 1 rings (SSSR count). The molecule has 0 aliphatic heterocycles. The van der Waals surface area contributed by atoms with Crippen LogP contribution in [-0.2, 0) is 16.4 Å². The average Bonchev–Trinajstić information content (AvgIpc) is 2.82. The maximum atomic E-state index is 12.0. The van der Waals surface area contributed by atoms with Crippen LogP contribution in [-0.4, -0.2) is 28.1 Å². The summed E-state index contributed by atoms with van der Waals surface area (Å²) in [4.78, 5) is 1.11. The van der Waals surface area contributed by atoms with Gasteiger partial charge in [-0.05, 0) is 44.0 Å². The summed E-state index contributed by atoms with van der Waals surface area (Å²) in [6.07, 6.45) is 1.99. The lowest BCUT2D eigenvalue weighted by Crippen LogP contribution is -2.26. The first-order chi connectivity index (χ1) is 8.95. The van der Waals surface area contributed by atoms with Gasteiger partial charge >= 0.3 is 0 Å². The molecule has 0 radical (unpaired) electrons. The van der Waals surface area contributed by atoms with Crippen molar-refractivity contribution >= 4 is 21.4 Å². The summed E-state index contributed by atoms with van der Waals surface area (Å²) in [7, 11) is -3.32. The molecule has 110 valence electrons. The number of thiophene rings is 1. The van der Waals surface area contributed by atoms with Crippen molar-refractivity contribution in [3.8, 4) is 0 Å². The highest BCUT2D eigenvalue weighted by Crippen LogP contribution is 2.21. The van der Waals surface area contributed by atoms with Crippen molar-refractivity contribution in [3.63, 3.8) is 0 Å². The summed E-state index contributed by atoms with van der Waals surface area (Å²) in [5.74, 6) is 0.312. The standard InChI is InChI=1S/C13H24N2O2S2/c1-4-8-14-9-7-12-5-6-13(18-12)19(16,17)15-10-11(2)3/h5-6,11,14-15H,4,7-10H2,1-3H3. The van der Waals surface area contributed by atoms with Crippen LogP contribution in [0.15, 0.2) is 16.3 Å². The Hall–Kier alpha value is -0.430. The Kier molecular flexibility index (Phi) is 6.99. The maximum absolute atomic E-state index is 12.0. The van der Waals surface area contributed by atoms with Crippen molar-refractivity contribution in [1.82, 2.24) is 10.0 Å². The number of nitrogens with one attached hydrogen (secondary N) is 2. The molecule has 4 nitrogen and oxygen atoms in total. The topological polar surface area (TPSA) is 58.2 Å². The molecule has 1 heterocycles. The van der Waals surface area contributed by atoms with Crippen molar-refractivity contribution in [1.29, 1.82) is 0 Å². The summed E-state index contributed by atoms with van der Waals surface area (Å²) in [6, 6.07) is 3.60. The van der Waals surface area contributed by atoms with Crippen LogP contribution in [0.2, 0.25) is 0 Å². The van der Waals surface area contributed by atoms with Gasteiger partial charge in [-0.15, -0.1) is 11.3 Å². The monoisotopic (exact) mass is 304 g/mol. The minimum atomic E-state index is -3.32. The van der Waals surface area contributed by atoms with E-state index in [1.54, 1.807) is 6.07 Å². The van der Waals surface area contributed by atoms with Crippen LogP contribution in [0.5, 0.6) is 0 Å². The number of sulfonamides is 1. The first-order valence-corrected chi connectivity index (χ1v) is 9.04. The highest BCUT2D eigenvalue weighted by molar-refractivity contribution is 7.91. The molecule has 1 aromatic heterocycles. The SMILES string of the molecule is CCCNCCc1ccc(S(=O)(=O)NCC(C)C)s1. The van der Waals surface area contributed by atoms with E-state index in [0.717, 1.165) is 30.8 Å². The summed E-state index contributed by atoms with van der Waals surface area (Å²) >= 11 is 1.36.